The molecule has 0 unspecified atom stereocenters. The van der Waals surface area contributed by atoms with Gasteiger partial charge in [-0.3, -0.25) is 0 Å². The van der Waals surface area contributed by atoms with Crippen molar-refractivity contribution in [2.24, 2.45) is 0 Å². The molecule has 2 rings (SSSR count). The third-order valence-corrected chi connectivity index (χ3v) is 8.52. The van der Waals surface area contributed by atoms with Crippen molar-refractivity contribution in [2.45, 2.75) is 16.0 Å². The van der Waals surface area contributed by atoms with E-state index in [1.165, 1.54) is 0 Å². The van der Waals surface area contributed by atoms with Crippen LogP contribution in [0.2, 0.25) is 24.9 Å². The molecule has 0 saturated carbocycles. The number of halogens is 3. The number of hydrogen-bond acceptors (Lipinski definition) is 3. The van der Waals surface area contributed by atoms with E-state index >= 15 is 0 Å². The Bertz CT molecular complexity index is 453. The summed E-state index contributed by atoms with van der Waals surface area (Å²) in [5.41, 5.74) is 0. The average Bonchev–Trinajstić information content (AvgIpc) is 2.62. The van der Waals surface area contributed by atoms with Gasteiger partial charge in [0.2, 0.25) is 0 Å². The molecular weight excluding hydrogens is 405 g/mol. The molecule has 1 heterocycles. The molecule has 1 aliphatic heterocycles. The fourth-order valence-electron chi connectivity index (χ4n) is 1.64. The fourth-order valence-corrected chi connectivity index (χ4v) is 6.78. The Morgan fingerprint density at radius 3 is 2.50 bits per heavy atom. The second-order valence-corrected chi connectivity index (χ2v) is 15.2. The first kappa shape index (κ1) is 15.0. The van der Waals surface area contributed by atoms with Crippen LogP contribution in [-0.2, 0) is 6.15 Å². The van der Waals surface area contributed by atoms with Crippen LogP contribution in [0.1, 0.15) is 0 Å². The van der Waals surface area contributed by atoms with Gasteiger partial charge in [0.1, 0.15) is 0 Å². The molecule has 7 heteroatoms. The first-order valence-corrected chi connectivity index (χ1v) is 14.6. The Balaban J connectivity index is 1.97. The van der Waals surface area contributed by atoms with Gasteiger partial charge in [0.15, 0.2) is 0 Å². The van der Waals surface area contributed by atoms with E-state index in [4.69, 9.17) is 45.7 Å². The third-order valence-electron chi connectivity index (χ3n) is 2.47. The zero-order valence-electron chi connectivity index (χ0n) is 10.0. The van der Waals surface area contributed by atoms with Gasteiger partial charge in [-0.2, -0.15) is 0 Å². The van der Waals surface area contributed by atoms with Crippen molar-refractivity contribution in [1.29, 1.82) is 0 Å². The van der Waals surface area contributed by atoms with Crippen LogP contribution >= 0.6 is 34.8 Å². The van der Waals surface area contributed by atoms with Crippen LogP contribution in [0.3, 0.4) is 0 Å². The van der Waals surface area contributed by atoms with E-state index in [9.17, 15) is 0 Å². The van der Waals surface area contributed by atoms with E-state index in [0.29, 0.717) is 34.0 Å². The zero-order valence-corrected chi connectivity index (χ0v) is 15.1. The molecule has 0 radical (unpaired) electrons. The number of ether oxygens (including phenoxy) is 1. The van der Waals surface area contributed by atoms with Gasteiger partial charge >= 0.3 is 127 Å². The molecule has 0 aromatic heterocycles. The summed E-state index contributed by atoms with van der Waals surface area (Å²) in [6.07, 6.45) is -0.0266. The van der Waals surface area contributed by atoms with E-state index < -0.39 is 19.2 Å². The molecule has 0 bridgehead atoms. The third kappa shape index (κ3) is 3.81. The fraction of sp³-hybridized carbons (Fsp3) is 0.455. The standard InChI is InChI=1S/C9H7Cl3O3.2CH3.Sn/c10-6-1-8(12)9(2-7(6)11)15-4-5(14)3-13;;;/h1-2,5H,3-4H2;2*1H3;/q-2;;;+2/t5-;;;/m1.../s1. The first-order valence-electron chi connectivity index (χ1n) is 5.46. The summed E-state index contributed by atoms with van der Waals surface area (Å²) >= 11 is 15.1. The van der Waals surface area contributed by atoms with Gasteiger partial charge in [0.25, 0.3) is 0 Å². The topological polar surface area (TPSA) is 27.7 Å². The van der Waals surface area contributed by atoms with Crippen LogP contribution in [0.4, 0.5) is 0 Å². The van der Waals surface area contributed by atoms with E-state index in [2.05, 4.69) is 9.88 Å². The van der Waals surface area contributed by atoms with Crippen molar-refractivity contribution in [1.82, 2.24) is 0 Å². The summed E-state index contributed by atoms with van der Waals surface area (Å²) in [5.74, 6) is 0.509. The van der Waals surface area contributed by atoms with Crippen molar-refractivity contribution in [3.63, 3.8) is 0 Å². The van der Waals surface area contributed by atoms with Gasteiger partial charge < -0.3 is 0 Å². The van der Waals surface area contributed by atoms with E-state index in [0.717, 1.165) is 0 Å². The maximum atomic E-state index is 6.02. The molecule has 1 aromatic rings. The van der Waals surface area contributed by atoms with Crippen LogP contribution < -0.4 is 4.74 Å². The second kappa shape index (κ2) is 5.93. The molecule has 1 atom stereocenters. The van der Waals surface area contributed by atoms with Gasteiger partial charge in [0.05, 0.1) is 0 Å². The van der Waals surface area contributed by atoms with E-state index in [-0.39, 0.29) is 6.10 Å². The van der Waals surface area contributed by atoms with Gasteiger partial charge in [-0.25, -0.2) is 0 Å². The predicted molar refractivity (Wildman–Crippen MR) is 75.3 cm³/mol. The van der Waals surface area contributed by atoms with Gasteiger partial charge in [-0.05, 0) is 0 Å². The predicted octanol–water partition coefficient (Wildman–Crippen LogP) is 4.14. The second-order valence-electron chi connectivity index (χ2n) is 4.46. The summed E-state index contributed by atoms with van der Waals surface area (Å²) in [5, 5.41) is 1.26. The first-order chi connectivity index (χ1) is 8.37. The summed E-state index contributed by atoms with van der Waals surface area (Å²) in [6.45, 7) is 0.986. The molecular formula is C11H13Cl3O3Sn. The van der Waals surface area contributed by atoms with Crippen molar-refractivity contribution >= 4 is 54.0 Å². The minimum absolute atomic E-state index is 0.0266. The Kier molecular flexibility index (Phi) is 4.95. The normalized spacial score (nSPS) is 22.2. The SMILES string of the molecule is [CH3][Sn]1([CH3])[O]C[C@H](COc2cc(Cl)c(Cl)cc2Cl)[O]1. The van der Waals surface area contributed by atoms with Gasteiger partial charge in [0, 0.05) is 0 Å². The van der Waals surface area contributed by atoms with E-state index in [1.807, 2.05) is 0 Å². The monoisotopic (exact) mass is 418 g/mol. The quantitative estimate of drug-likeness (QED) is 0.546. The molecule has 100 valence electrons. The van der Waals surface area contributed by atoms with E-state index in [1.54, 1.807) is 12.1 Å². The maximum absolute atomic E-state index is 6.02. The molecule has 1 saturated heterocycles. The molecule has 0 amide bonds. The zero-order chi connectivity index (χ0) is 13.3. The Labute approximate surface area is 126 Å². The molecule has 1 fully saturated rings. The van der Waals surface area contributed by atoms with Gasteiger partial charge in [-0.15, -0.1) is 0 Å². The van der Waals surface area contributed by atoms with Crippen LogP contribution in [0, 0.1) is 0 Å². The summed E-state index contributed by atoms with van der Waals surface area (Å²) < 4.78 is 17.1. The van der Waals surface area contributed by atoms with Gasteiger partial charge in [-0.1, -0.05) is 0 Å². The van der Waals surface area contributed by atoms with Crippen molar-refractivity contribution < 1.29 is 10.9 Å². The molecule has 0 N–H and O–H groups in total. The van der Waals surface area contributed by atoms with Crippen molar-refractivity contribution in [3.8, 4) is 5.75 Å². The molecule has 0 spiro atoms. The van der Waals surface area contributed by atoms with Crippen LogP contribution in [0.15, 0.2) is 12.1 Å². The molecule has 1 aliphatic rings. The van der Waals surface area contributed by atoms with Crippen molar-refractivity contribution in [2.75, 3.05) is 13.2 Å². The summed E-state index contributed by atoms with van der Waals surface area (Å²) in [4.78, 5) is 4.14. The number of hydrogen-bond donors (Lipinski definition) is 0. The Hall–Kier alpha value is 0.609. The molecule has 1 aromatic carbocycles. The van der Waals surface area contributed by atoms with Crippen LogP contribution in [0.25, 0.3) is 0 Å². The molecule has 0 aliphatic carbocycles. The van der Waals surface area contributed by atoms with Crippen molar-refractivity contribution in [3.05, 3.63) is 27.2 Å². The Morgan fingerprint density at radius 2 is 1.89 bits per heavy atom. The summed E-state index contributed by atoms with van der Waals surface area (Å²) in [6, 6.07) is 3.17. The summed E-state index contributed by atoms with van der Waals surface area (Å²) in [7, 11) is 0. The molecule has 3 nitrogen and oxygen atoms in total. The number of benzene rings is 1. The van der Waals surface area contributed by atoms with Crippen LogP contribution in [-0.4, -0.2) is 38.5 Å². The average molecular weight is 418 g/mol. The Morgan fingerprint density at radius 1 is 1.22 bits per heavy atom. The number of rotatable bonds is 3. The van der Waals surface area contributed by atoms with Crippen LogP contribution in [0.5, 0.6) is 5.75 Å². The molecule has 18 heavy (non-hydrogen) atoms. The minimum atomic E-state index is -2.64.